The van der Waals surface area contributed by atoms with Crippen LogP contribution in [0.5, 0.6) is 0 Å². The molecule has 4 aromatic rings. The molecule has 5 rings (SSSR count). The van der Waals surface area contributed by atoms with Crippen LogP contribution in [-0.2, 0) is 70.4 Å². The van der Waals surface area contributed by atoms with Gasteiger partial charge in [-0.3, -0.25) is 9.00 Å². The molecule has 1 fully saturated rings. The lowest BCUT2D eigenvalue weighted by Crippen LogP contribution is -2.62. The molecule has 0 radical (unpaired) electrons. The van der Waals surface area contributed by atoms with Crippen LogP contribution >= 0.6 is 0 Å². The topological polar surface area (TPSA) is 89.5 Å². The van der Waals surface area contributed by atoms with E-state index in [9.17, 15) is 9.00 Å². The predicted molar refractivity (Wildman–Crippen MR) is 183 cm³/mol. The lowest BCUT2D eigenvalue weighted by atomic mass is 9.97. The van der Waals surface area contributed by atoms with E-state index < -0.39 is 47.5 Å². The zero-order valence-corrected chi connectivity index (χ0v) is 28.5. The molecule has 1 heterocycles. The molecule has 0 aliphatic carbocycles. The van der Waals surface area contributed by atoms with E-state index >= 15 is 0 Å². The van der Waals surface area contributed by atoms with Gasteiger partial charge in [0, 0.05) is 17.1 Å². The van der Waals surface area contributed by atoms with Crippen LogP contribution in [0.15, 0.2) is 120 Å². The van der Waals surface area contributed by atoms with Gasteiger partial charge < -0.3 is 28.4 Å². The van der Waals surface area contributed by atoms with E-state index in [-0.39, 0.29) is 31.7 Å². The highest BCUT2D eigenvalue weighted by Gasteiger charge is 2.50. The summed E-state index contributed by atoms with van der Waals surface area (Å²) in [4.78, 5) is 13.3. The highest BCUT2D eigenvalue weighted by Crippen LogP contribution is 2.32. The van der Waals surface area contributed by atoms with Crippen molar-refractivity contribution in [1.29, 1.82) is 0 Å². The fourth-order valence-electron chi connectivity index (χ4n) is 5.50. The fraction of sp³-hybridized carbons (Fsp3) is 0.359. The Balaban J connectivity index is 1.45. The molecule has 8 nitrogen and oxygen atoms in total. The Kier molecular flexibility index (Phi) is 13.5. The maximum absolute atomic E-state index is 13.1. The van der Waals surface area contributed by atoms with Crippen LogP contribution < -0.4 is 0 Å². The van der Waals surface area contributed by atoms with Crippen LogP contribution in [0.1, 0.15) is 43.0 Å². The second-order valence-corrected chi connectivity index (χ2v) is 13.9. The maximum Gasteiger partial charge on any atom is 0.303 e. The second-order valence-electron chi connectivity index (χ2n) is 11.9. The van der Waals surface area contributed by atoms with Crippen molar-refractivity contribution in [2.24, 2.45) is 0 Å². The van der Waals surface area contributed by atoms with Crippen LogP contribution in [0.3, 0.4) is 0 Å². The monoisotopic (exact) mass is 672 g/mol. The van der Waals surface area contributed by atoms with Crippen molar-refractivity contribution in [3.63, 3.8) is 0 Å². The van der Waals surface area contributed by atoms with Gasteiger partial charge >= 0.3 is 5.97 Å². The van der Waals surface area contributed by atoms with Gasteiger partial charge in [-0.05, 0) is 28.3 Å². The maximum atomic E-state index is 13.1. The summed E-state index contributed by atoms with van der Waals surface area (Å²) in [5.74, 6) is -0.507. The molecule has 1 aliphatic rings. The van der Waals surface area contributed by atoms with Gasteiger partial charge in [0.25, 0.3) is 0 Å². The predicted octanol–water partition coefficient (Wildman–Crippen LogP) is 6.76. The average Bonchev–Trinajstić information content (AvgIpc) is 3.11. The molecule has 0 amide bonds. The van der Waals surface area contributed by atoms with Crippen molar-refractivity contribution in [3.05, 3.63) is 138 Å². The van der Waals surface area contributed by atoms with Gasteiger partial charge in [-0.15, -0.1) is 0 Å². The minimum atomic E-state index is -1.23. The quantitative estimate of drug-likeness (QED) is 0.121. The summed E-state index contributed by atoms with van der Waals surface area (Å²) in [7, 11) is -1.23. The van der Waals surface area contributed by atoms with E-state index in [0.29, 0.717) is 11.5 Å². The van der Waals surface area contributed by atoms with E-state index in [1.165, 1.54) is 6.92 Å². The molecule has 0 aromatic heterocycles. The van der Waals surface area contributed by atoms with Crippen molar-refractivity contribution in [1.82, 2.24) is 0 Å². The molecule has 48 heavy (non-hydrogen) atoms. The number of esters is 1. The summed E-state index contributed by atoms with van der Waals surface area (Å²) in [6, 6.07) is 37.0. The van der Waals surface area contributed by atoms with Crippen molar-refractivity contribution in [3.8, 4) is 0 Å². The molecule has 9 heteroatoms. The van der Waals surface area contributed by atoms with Gasteiger partial charge in [0.05, 0.1) is 43.8 Å². The van der Waals surface area contributed by atoms with Crippen molar-refractivity contribution in [2.75, 3.05) is 6.61 Å². The smallest absolute Gasteiger partial charge is 0.303 e. The number of hydrogen-bond donors (Lipinski definition) is 0. The number of benzene rings is 4. The standard InChI is InChI=1S/C39H44O8S/c1-28(2)48(41)35-22-14-13-21-33(35)26-45-39-38(46-29(3)40)37(44-25-32-19-11-6-12-20-32)36(43-24-31-17-9-5-10-18-31)34(47-39)27-42-23-30-15-7-4-8-16-30/h4-22,28,34,36-39H,23-27H2,1-3H3/t34?,36-,37?,38?,39-,48?/m1/s1. The molecule has 6 atom stereocenters. The number of carbonyl (C=O) groups is 1. The molecule has 4 unspecified atom stereocenters. The van der Waals surface area contributed by atoms with Crippen molar-refractivity contribution in [2.45, 2.75) is 88.1 Å². The van der Waals surface area contributed by atoms with Crippen LogP contribution in [0, 0.1) is 0 Å². The van der Waals surface area contributed by atoms with Gasteiger partial charge in [-0.2, -0.15) is 0 Å². The normalized spacial score (nSPS) is 21.5. The first kappa shape index (κ1) is 35.6. The first-order valence-electron chi connectivity index (χ1n) is 16.2. The summed E-state index contributed by atoms with van der Waals surface area (Å²) in [6.45, 7) is 6.32. The molecule has 0 saturated carbocycles. The summed E-state index contributed by atoms with van der Waals surface area (Å²) < 4.78 is 51.4. The van der Waals surface area contributed by atoms with Gasteiger partial charge in [-0.25, -0.2) is 0 Å². The molecule has 0 spiro atoms. The van der Waals surface area contributed by atoms with Crippen LogP contribution in [0.4, 0.5) is 0 Å². The summed E-state index contributed by atoms with van der Waals surface area (Å²) >= 11 is 0. The van der Waals surface area contributed by atoms with Crippen molar-refractivity contribution >= 4 is 16.8 Å². The Morgan fingerprint density at radius 1 is 0.667 bits per heavy atom. The Labute approximate surface area is 285 Å². The Morgan fingerprint density at radius 3 is 1.75 bits per heavy atom. The largest absolute Gasteiger partial charge is 0.454 e. The fourth-order valence-corrected chi connectivity index (χ4v) is 6.61. The van der Waals surface area contributed by atoms with Gasteiger partial charge in [0.1, 0.15) is 18.3 Å². The summed E-state index contributed by atoms with van der Waals surface area (Å²) in [5, 5.41) is -0.0738. The molecule has 4 aromatic carbocycles. The van der Waals surface area contributed by atoms with E-state index in [1.807, 2.05) is 129 Å². The van der Waals surface area contributed by atoms with Crippen LogP contribution in [0.25, 0.3) is 0 Å². The van der Waals surface area contributed by atoms with Crippen LogP contribution in [0.2, 0.25) is 0 Å². The van der Waals surface area contributed by atoms with Gasteiger partial charge in [0.15, 0.2) is 12.4 Å². The second kappa shape index (κ2) is 18.2. The van der Waals surface area contributed by atoms with E-state index in [1.54, 1.807) is 0 Å². The molecule has 1 saturated heterocycles. The number of hydrogen-bond acceptors (Lipinski definition) is 8. The molecule has 0 bridgehead atoms. The van der Waals surface area contributed by atoms with Gasteiger partial charge in [-0.1, -0.05) is 123 Å². The molecule has 0 N–H and O–H groups in total. The van der Waals surface area contributed by atoms with Gasteiger partial charge in [0.2, 0.25) is 0 Å². The lowest BCUT2D eigenvalue weighted by Gasteiger charge is -2.45. The highest BCUT2D eigenvalue weighted by atomic mass is 32.2. The minimum Gasteiger partial charge on any atom is -0.454 e. The SMILES string of the molecule is CC(=O)OC1C(OCc2ccccc2)[C@H](OCc2ccccc2)C(COCc2ccccc2)O[C@H]1OCc1ccccc1S(=O)C(C)C. The highest BCUT2D eigenvalue weighted by molar-refractivity contribution is 7.85. The number of rotatable bonds is 16. The molecular weight excluding hydrogens is 628 g/mol. The Bertz CT molecular complexity index is 1570. The molecular formula is C39H44O8S. The first-order chi connectivity index (χ1) is 23.4. The lowest BCUT2D eigenvalue weighted by molar-refractivity contribution is -0.323. The van der Waals surface area contributed by atoms with Crippen LogP contribution in [-0.4, -0.2) is 52.7 Å². The number of ether oxygens (including phenoxy) is 6. The minimum absolute atomic E-state index is 0.0738. The molecule has 254 valence electrons. The van der Waals surface area contributed by atoms with E-state index in [0.717, 1.165) is 22.3 Å². The zero-order chi connectivity index (χ0) is 33.7. The summed E-state index contributed by atoms with van der Waals surface area (Å²) in [5.41, 5.74) is 3.70. The molecule has 1 aliphatic heterocycles. The third-order valence-corrected chi connectivity index (χ3v) is 9.57. The Morgan fingerprint density at radius 2 is 1.19 bits per heavy atom. The Hall–Kier alpha value is -3.70. The zero-order valence-electron chi connectivity index (χ0n) is 27.6. The summed E-state index contributed by atoms with van der Waals surface area (Å²) in [6.07, 6.45) is -4.11. The third-order valence-electron chi connectivity index (χ3n) is 7.88. The first-order valence-corrected chi connectivity index (χ1v) is 17.5. The number of carbonyl (C=O) groups excluding carboxylic acids is 1. The van der Waals surface area contributed by atoms with E-state index in [4.69, 9.17) is 28.4 Å². The third kappa shape index (κ3) is 10.2. The average molecular weight is 673 g/mol. The van der Waals surface area contributed by atoms with Crippen molar-refractivity contribution < 1.29 is 37.4 Å². The van der Waals surface area contributed by atoms with E-state index in [2.05, 4.69) is 0 Å².